The molecule has 2 heterocycles. The molecule has 0 saturated carbocycles. The summed E-state index contributed by atoms with van der Waals surface area (Å²) in [5.74, 6) is -2.61. The van der Waals surface area contributed by atoms with Gasteiger partial charge in [0.2, 0.25) is 0 Å². The Morgan fingerprint density at radius 3 is 2.59 bits per heavy atom. The molecule has 1 aromatic carbocycles. The minimum Gasteiger partial charge on any atom is -0.504 e. The number of hydrogen-bond donors (Lipinski definition) is 6. The quantitative estimate of drug-likeness (QED) is 0.147. The number of cyclic esters (lactones) is 1. The van der Waals surface area contributed by atoms with E-state index in [-0.39, 0.29) is 31.1 Å². The van der Waals surface area contributed by atoms with Crippen LogP contribution < -0.4 is 0 Å². The fourth-order valence-corrected chi connectivity index (χ4v) is 3.48. The van der Waals surface area contributed by atoms with Gasteiger partial charge in [0.25, 0.3) is 0 Å². The molecule has 0 amide bonds. The lowest BCUT2D eigenvalue weighted by atomic mass is 9.88. The average Bonchev–Trinajstić information content (AvgIpc) is 3.16. The molecule has 2 aliphatic rings. The molecule has 0 unspecified atom stereocenters. The molecule has 3 rings (SSSR count). The minimum atomic E-state index is -1.66. The van der Waals surface area contributed by atoms with E-state index >= 15 is 0 Å². The van der Waals surface area contributed by atoms with Crippen molar-refractivity contribution in [3.8, 4) is 11.5 Å². The fourth-order valence-electron chi connectivity index (χ4n) is 3.48. The van der Waals surface area contributed by atoms with E-state index in [4.69, 9.17) is 18.9 Å². The summed E-state index contributed by atoms with van der Waals surface area (Å²) in [6.45, 7) is 0.784. The second-order valence-electron chi connectivity index (χ2n) is 8.40. The second kappa shape index (κ2) is 10.7. The minimum absolute atomic E-state index is 0.160. The van der Waals surface area contributed by atoms with Crippen molar-refractivity contribution in [2.24, 2.45) is 5.92 Å². The van der Waals surface area contributed by atoms with Gasteiger partial charge < -0.3 is 49.6 Å². The van der Waals surface area contributed by atoms with Crippen LogP contribution in [0.4, 0.5) is 0 Å². The Bertz CT molecular complexity index is 917. The van der Waals surface area contributed by atoms with Crippen molar-refractivity contribution in [3.05, 3.63) is 29.8 Å². The highest BCUT2D eigenvalue weighted by Gasteiger charge is 2.47. The average molecular weight is 484 g/mol. The van der Waals surface area contributed by atoms with E-state index in [1.54, 1.807) is 6.92 Å². The highest BCUT2D eigenvalue weighted by Crippen LogP contribution is 2.30. The van der Waals surface area contributed by atoms with Gasteiger partial charge in [-0.25, -0.2) is 4.79 Å². The van der Waals surface area contributed by atoms with Crippen LogP contribution in [0.3, 0.4) is 0 Å². The number of benzene rings is 1. The first kappa shape index (κ1) is 25.9. The molecule has 2 aliphatic heterocycles. The van der Waals surface area contributed by atoms with Crippen molar-refractivity contribution in [2.75, 3.05) is 19.8 Å². The zero-order valence-electron chi connectivity index (χ0n) is 18.3. The highest BCUT2D eigenvalue weighted by molar-refractivity contribution is 5.87. The molecule has 0 aromatic heterocycles. The Balaban J connectivity index is 1.53. The highest BCUT2D eigenvalue weighted by atomic mass is 16.7. The van der Waals surface area contributed by atoms with E-state index in [1.807, 2.05) is 0 Å². The predicted molar refractivity (Wildman–Crippen MR) is 112 cm³/mol. The van der Waals surface area contributed by atoms with Gasteiger partial charge >= 0.3 is 11.9 Å². The molecule has 0 spiro atoms. The number of aliphatic hydroxyl groups is 4. The summed E-state index contributed by atoms with van der Waals surface area (Å²) in [5.41, 5.74) is -1.02. The smallest absolute Gasteiger partial charge is 0.330 e. The van der Waals surface area contributed by atoms with Gasteiger partial charge in [-0.15, -0.1) is 0 Å². The summed E-state index contributed by atoms with van der Waals surface area (Å²) in [6.07, 6.45) is -5.32. The number of ether oxygens (including phenoxy) is 4. The van der Waals surface area contributed by atoms with Crippen molar-refractivity contribution in [3.63, 3.8) is 0 Å². The summed E-state index contributed by atoms with van der Waals surface area (Å²) in [5, 5.41) is 59.7. The summed E-state index contributed by atoms with van der Waals surface area (Å²) in [4.78, 5) is 23.3. The summed E-state index contributed by atoms with van der Waals surface area (Å²) < 4.78 is 20.8. The largest absolute Gasteiger partial charge is 0.504 e. The lowest BCUT2D eigenvalue weighted by Gasteiger charge is -2.40. The Morgan fingerprint density at radius 1 is 1.21 bits per heavy atom. The van der Waals surface area contributed by atoms with Crippen molar-refractivity contribution in [1.29, 1.82) is 0 Å². The van der Waals surface area contributed by atoms with Gasteiger partial charge in [0, 0.05) is 12.0 Å². The number of aliphatic hydroxyl groups excluding tert-OH is 3. The number of rotatable bonds is 8. The van der Waals surface area contributed by atoms with Crippen molar-refractivity contribution < 1.29 is 59.2 Å². The summed E-state index contributed by atoms with van der Waals surface area (Å²) in [6, 6.07) is 3.94. The molecule has 34 heavy (non-hydrogen) atoms. The number of esters is 2. The number of phenols is 2. The summed E-state index contributed by atoms with van der Waals surface area (Å²) in [7, 11) is 0. The van der Waals surface area contributed by atoms with Crippen LogP contribution in [0.2, 0.25) is 0 Å². The van der Waals surface area contributed by atoms with Gasteiger partial charge in [-0.3, -0.25) is 4.79 Å². The normalized spacial score (nSPS) is 32.5. The maximum Gasteiger partial charge on any atom is 0.330 e. The Morgan fingerprint density at radius 2 is 1.94 bits per heavy atom. The molecule has 0 bridgehead atoms. The molecular formula is C22H28O12. The first-order valence-corrected chi connectivity index (χ1v) is 10.6. The van der Waals surface area contributed by atoms with Gasteiger partial charge in [-0.2, -0.15) is 0 Å². The molecule has 2 saturated heterocycles. The molecule has 7 atom stereocenters. The van der Waals surface area contributed by atoms with E-state index in [2.05, 4.69) is 0 Å². The van der Waals surface area contributed by atoms with Gasteiger partial charge in [0.05, 0.1) is 13.0 Å². The Kier molecular flexibility index (Phi) is 8.13. The van der Waals surface area contributed by atoms with E-state index in [0.717, 1.165) is 6.08 Å². The molecule has 6 N–H and O–H groups in total. The van der Waals surface area contributed by atoms with Gasteiger partial charge in [-0.05, 0) is 23.8 Å². The molecule has 188 valence electrons. The van der Waals surface area contributed by atoms with Gasteiger partial charge in [0.1, 0.15) is 43.2 Å². The van der Waals surface area contributed by atoms with Crippen LogP contribution in [-0.4, -0.2) is 98.7 Å². The van der Waals surface area contributed by atoms with Crippen molar-refractivity contribution in [2.45, 2.75) is 49.7 Å². The molecule has 1 aromatic rings. The van der Waals surface area contributed by atoms with E-state index < -0.39 is 60.8 Å². The summed E-state index contributed by atoms with van der Waals surface area (Å²) >= 11 is 0. The molecular weight excluding hydrogens is 456 g/mol. The maximum absolute atomic E-state index is 12.0. The van der Waals surface area contributed by atoms with E-state index in [9.17, 15) is 40.2 Å². The standard InChI is InChI=1S/C22H28O12/c1-11(22(30)7-17(26)33-10-22)8-32-21-20(29)19(28)18(27)15(34-21)9-31-16(25)5-3-12-2-4-13(23)14(24)6-12/h2-6,11,15,18-21,23-24,27-30H,7-10H2,1H3/b5-3+/t11-,15-,18-,19+,20-,21-,22-/m1/s1. The third-order valence-corrected chi connectivity index (χ3v) is 5.83. The molecule has 2 fully saturated rings. The third kappa shape index (κ3) is 6.03. The van der Waals surface area contributed by atoms with Crippen molar-refractivity contribution in [1.82, 2.24) is 0 Å². The molecule has 0 radical (unpaired) electrons. The second-order valence-corrected chi connectivity index (χ2v) is 8.40. The van der Waals surface area contributed by atoms with Crippen LogP contribution >= 0.6 is 0 Å². The first-order chi connectivity index (χ1) is 16.0. The van der Waals surface area contributed by atoms with Crippen LogP contribution in [0.1, 0.15) is 18.9 Å². The van der Waals surface area contributed by atoms with Crippen LogP contribution in [0.25, 0.3) is 6.08 Å². The predicted octanol–water partition coefficient (Wildman–Crippen LogP) is -1.21. The number of carbonyl (C=O) groups excluding carboxylic acids is 2. The number of carbonyl (C=O) groups is 2. The fraction of sp³-hybridized carbons (Fsp3) is 0.545. The third-order valence-electron chi connectivity index (χ3n) is 5.83. The number of hydrogen-bond acceptors (Lipinski definition) is 12. The number of phenolic OH excluding ortho intramolecular Hbond substituents is 2. The van der Waals surface area contributed by atoms with Crippen LogP contribution in [-0.2, 0) is 28.5 Å². The zero-order chi connectivity index (χ0) is 25.0. The topological polar surface area (TPSA) is 192 Å². The Hall–Kier alpha value is -2.74. The van der Waals surface area contributed by atoms with E-state index in [1.165, 1.54) is 24.3 Å². The number of aromatic hydroxyl groups is 2. The Labute approximate surface area is 194 Å². The maximum atomic E-state index is 12.0. The van der Waals surface area contributed by atoms with Crippen LogP contribution in [0.5, 0.6) is 11.5 Å². The zero-order valence-corrected chi connectivity index (χ0v) is 18.3. The van der Waals surface area contributed by atoms with E-state index in [0.29, 0.717) is 5.56 Å². The van der Waals surface area contributed by atoms with Gasteiger partial charge in [0.15, 0.2) is 17.8 Å². The SMILES string of the molecule is C[C@H](CO[C@@H]1O[C@H](COC(=O)/C=C/c2ccc(O)c(O)c2)[C@@H](O)[C@H](O)[C@H]1O)[C@]1(O)COC(=O)C1. The molecule has 12 nitrogen and oxygen atoms in total. The molecule has 0 aliphatic carbocycles. The lowest BCUT2D eigenvalue weighted by Crippen LogP contribution is -2.59. The molecule has 12 heteroatoms. The monoisotopic (exact) mass is 484 g/mol. The van der Waals surface area contributed by atoms with Crippen molar-refractivity contribution >= 4 is 18.0 Å². The van der Waals surface area contributed by atoms with Crippen LogP contribution in [0.15, 0.2) is 24.3 Å². The first-order valence-electron chi connectivity index (χ1n) is 10.6. The van der Waals surface area contributed by atoms with Crippen LogP contribution in [0, 0.1) is 5.92 Å². The lowest BCUT2D eigenvalue weighted by molar-refractivity contribution is -0.305. The van der Waals surface area contributed by atoms with Gasteiger partial charge in [-0.1, -0.05) is 13.0 Å².